The van der Waals surface area contributed by atoms with E-state index in [0.717, 1.165) is 19.3 Å². The van der Waals surface area contributed by atoms with Crippen molar-refractivity contribution in [3.63, 3.8) is 0 Å². The van der Waals surface area contributed by atoms with Crippen LogP contribution < -0.4 is 19.3 Å². The fourth-order valence-electron chi connectivity index (χ4n) is 1.90. The summed E-state index contributed by atoms with van der Waals surface area (Å²) in [4.78, 5) is 0. The van der Waals surface area contributed by atoms with Gasteiger partial charge in [0, 0.05) is 0 Å². The second-order valence-corrected chi connectivity index (χ2v) is 8.30. The van der Waals surface area contributed by atoms with E-state index in [1.807, 2.05) is 48.5 Å². The molecule has 0 unspecified atom stereocenters. The average Bonchev–Trinajstić information content (AvgIpc) is 2.36. The Kier molecular flexibility index (Phi) is 2.28. The van der Waals surface area contributed by atoms with Crippen molar-refractivity contribution in [1.82, 2.24) is 0 Å². The number of hydrogen-bond acceptors (Lipinski definition) is 2. The molecule has 0 aromatic heterocycles. The van der Waals surface area contributed by atoms with E-state index in [2.05, 4.69) is 0 Å². The van der Waals surface area contributed by atoms with Gasteiger partial charge in [-0.25, -0.2) is 0 Å². The molecule has 2 aromatic rings. The maximum absolute atomic E-state index is 12.3. The second kappa shape index (κ2) is 3.66. The molecule has 1 heterocycles. The van der Waals surface area contributed by atoms with Crippen LogP contribution in [-0.2, 0) is 8.30 Å². The summed E-state index contributed by atoms with van der Waals surface area (Å²) in [7, 11) is -1.96. The molecule has 0 radical (unpaired) electrons. The molecule has 0 N–H and O–H groups in total. The number of benzene rings is 2. The molecular formula is C12H8O2SeSi. The first kappa shape index (κ1) is 9.96. The summed E-state index contributed by atoms with van der Waals surface area (Å²) in [5.74, 6) is 0. The Balaban J connectivity index is 2.35. The topological polar surface area (TPSA) is 34.1 Å². The minimum absolute atomic E-state index is 0.784. The Labute approximate surface area is 98.7 Å². The van der Waals surface area contributed by atoms with Crippen LogP contribution in [0.15, 0.2) is 48.5 Å². The van der Waals surface area contributed by atoms with Crippen LogP contribution in [0.3, 0.4) is 0 Å². The molecule has 0 saturated carbocycles. The maximum atomic E-state index is 12.3. The van der Waals surface area contributed by atoms with Gasteiger partial charge in [-0.15, -0.1) is 0 Å². The van der Waals surface area contributed by atoms with Gasteiger partial charge in [-0.2, -0.15) is 0 Å². The van der Waals surface area contributed by atoms with Gasteiger partial charge in [-0.1, -0.05) is 0 Å². The number of fused-ring (bicyclic) bond motifs is 2. The van der Waals surface area contributed by atoms with Crippen molar-refractivity contribution in [2.75, 3.05) is 0 Å². The second-order valence-electron chi connectivity index (χ2n) is 3.59. The molecule has 0 amide bonds. The van der Waals surface area contributed by atoms with Crippen molar-refractivity contribution in [3.8, 4) is 0 Å². The van der Waals surface area contributed by atoms with Crippen LogP contribution in [0.2, 0.25) is 0 Å². The SMILES string of the molecule is O=[Si]1c2ccccc2[Se](=O)c2ccccc21. The van der Waals surface area contributed by atoms with E-state index in [4.69, 9.17) is 0 Å². The van der Waals surface area contributed by atoms with Gasteiger partial charge in [-0.3, -0.25) is 0 Å². The van der Waals surface area contributed by atoms with Crippen molar-refractivity contribution in [1.29, 1.82) is 0 Å². The van der Waals surface area contributed by atoms with Crippen molar-refractivity contribution in [3.05, 3.63) is 48.5 Å². The summed E-state index contributed by atoms with van der Waals surface area (Å²) >= 11 is -2.21. The normalized spacial score (nSPS) is 14.4. The van der Waals surface area contributed by atoms with Crippen LogP contribution in [-0.4, -0.2) is 22.5 Å². The molecular weight excluding hydrogens is 283 g/mol. The summed E-state index contributed by atoms with van der Waals surface area (Å²) in [5, 5.41) is 1.57. The van der Waals surface area contributed by atoms with E-state index < -0.39 is 22.5 Å². The van der Waals surface area contributed by atoms with E-state index in [9.17, 15) is 8.30 Å². The van der Waals surface area contributed by atoms with Crippen LogP contribution in [0.5, 0.6) is 0 Å². The molecule has 3 rings (SSSR count). The van der Waals surface area contributed by atoms with Crippen LogP contribution in [0.1, 0.15) is 0 Å². The first-order valence-electron chi connectivity index (χ1n) is 4.93. The van der Waals surface area contributed by atoms with Gasteiger partial charge in [0.2, 0.25) is 0 Å². The molecule has 0 bridgehead atoms. The van der Waals surface area contributed by atoms with E-state index in [1.54, 1.807) is 0 Å². The third-order valence-corrected chi connectivity index (χ3v) is 8.49. The molecule has 2 aromatic carbocycles. The molecule has 1 aliphatic rings. The molecule has 0 spiro atoms. The first-order valence-corrected chi connectivity index (χ1v) is 8.75. The zero-order valence-electron chi connectivity index (χ0n) is 8.34. The molecule has 0 fully saturated rings. The number of hydrogen-bond donors (Lipinski definition) is 0. The number of rotatable bonds is 0. The molecule has 0 atom stereocenters. The fourth-order valence-corrected chi connectivity index (χ4v) is 7.89. The molecule has 2 nitrogen and oxygen atoms in total. The molecule has 16 heavy (non-hydrogen) atoms. The molecule has 78 valence electrons. The van der Waals surface area contributed by atoms with E-state index >= 15 is 0 Å². The Hall–Kier alpha value is -1.22. The quantitative estimate of drug-likeness (QED) is 0.502. The van der Waals surface area contributed by atoms with Crippen molar-refractivity contribution in [2.45, 2.75) is 0 Å². The van der Waals surface area contributed by atoms with Crippen LogP contribution in [0.4, 0.5) is 0 Å². The van der Waals surface area contributed by atoms with Gasteiger partial charge in [0.25, 0.3) is 0 Å². The Morgan fingerprint density at radius 3 is 1.75 bits per heavy atom. The first-order chi connectivity index (χ1) is 7.79. The molecule has 0 saturated heterocycles. The van der Waals surface area contributed by atoms with Gasteiger partial charge in [0.15, 0.2) is 0 Å². The van der Waals surface area contributed by atoms with Crippen molar-refractivity contribution in [2.24, 2.45) is 0 Å². The minimum atomic E-state index is -2.21. The molecule has 0 aliphatic carbocycles. The Bertz CT molecular complexity index is 516. The Morgan fingerprint density at radius 2 is 1.25 bits per heavy atom. The summed E-state index contributed by atoms with van der Waals surface area (Å²) in [5.41, 5.74) is 0. The van der Waals surface area contributed by atoms with Crippen LogP contribution >= 0.6 is 0 Å². The Morgan fingerprint density at radius 1 is 0.812 bits per heavy atom. The monoisotopic (exact) mass is 292 g/mol. The van der Waals surface area contributed by atoms with E-state index in [0.29, 0.717) is 0 Å². The third-order valence-electron chi connectivity index (χ3n) is 2.66. The van der Waals surface area contributed by atoms with Gasteiger partial charge in [0.05, 0.1) is 0 Å². The zero-order chi connectivity index (χ0) is 11.1. The standard InChI is InChI=1S/C12H8O2SeSi/c13-15-9-5-1-3-7-11(9)16(14)12-8-4-2-6-10(12)15/h1-8H. The molecule has 1 aliphatic heterocycles. The summed E-state index contributed by atoms with van der Waals surface area (Å²) < 4.78 is 26.3. The summed E-state index contributed by atoms with van der Waals surface area (Å²) in [6, 6.07) is 14.8. The van der Waals surface area contributed by atoms with Gasteiger partial charge in [0.1, 0.15) is 0 Å². The van der Waals surface area contributed by atoms with Gasteiger partial charge < -0.3 is 0 Å². The van der Waals surface area contributed by atoms with Crippen LogP contribution in [0.25, 0.3) is 0 Å². The van der Waals surface area contributed by atoms with Crippen molar-refractivity contribution >= 4 is 41.8 Å². The zero-order valence-corrected chi connectivity index (χ0v) is 11.1. The van der Waals surface area contributed by atoms with Gasteiger partial charge >= 0.3 is 98.6 Å². The van der Waals surface area contributed by atoms with Gasteiger partial charge in [-0.05, 0) is 0 Å². The fraction of sp³-hybridized carbons (Fsp3) is 0. The van der Waals surface area contributed by atoms with E-state index in [-0.39, 0.29) is 0 Å². The van der Waals surface area contributed by atoms with Crippen molar-refractivity contribution < 1.29 is 8.30 Å². The van der Waals surface area contributed by atoms with E-state index in [1.165, 1.54) is 0 Å². The molecule has 4 heteroatoms. The third kappa shape index (κ3) is 1.31. The summed E-state index contributed by atoms with van der Waals surface area (Å²) in [6.07, 6.45) is 0. The predicted octanol–water partition coefficient (Wildman–Crippen LogP) is -0.928. The predicted molar refractivity (Wildman–Crippen MR) is 64.3 cm³/mol. The summed E-state index contributed by atoms with van der Waals surface area (Å²) in [6.45, 7) is 0. The average molecular weight is 291 g/mol. The van der Waals surface area contributed by atoms with Crippen LogP contribution in [0, 0.1) is 0 Å².